The molecule has 3 aliphatic rings. The van der Waals surface area contributed by atoms with Gasteiger partial charge in [0.15, 0.2) is 10.9 Å². The van der Waals surface area contributed by atoms with Crippen LogP contribution in [0.4, 0.5) is 5.13 Å². The van der Waals surface area contributed by atoms with E-state index < -0.39 is 5.60 Å². The second-order valence-corrected chi connectivity index (χ2v) is 8.24. The molecule has 25 heavy (non-hydrogen) atoms. The second-order valence-electron chi connectivity index (χ2n) is 7.35. The third-order valence-electron chi connectivity index (χ3n) is 5.85. The number of thiazole rings is 1. The lowest BCUT2D eigenvalue weighted by Gasteiger charge is -2.37. The highest BCUT2D eigenvalue weighted by molar-refractivity contribution is 7.13. The van der Waals surface area contributed by atoms with E-state index in [2.05, 4.69) is 10.3 Å². The third-order valence-corrected chi connectivity index (χ3v) is 6.54. The molecule has 1 amide bonds. The fourth-order valence-corrected chi connectivity index (χ4v) is 5.29. The van der Waals surface area contributed by atoms with Gasteiger partial charge in [-0.25, -0.2) is 4.98 Å². The van der Waals surface area contributed by atoms with Gasteiger partial charge < -0.3 is 10.1 Å². The van der Waals surface area contributed by atoms with E-state index in [0.717, 1.165) is 18.4 Å². The minimum atomic E-state index is -0.505. The van der Waals surface area contributed by atoms with Gasteiger partial charge in [-0.05, 0) is 37.8 Å². The van der Waals surface area contributed by atoms with E-state index in [1.807, 2.05) is 30.5 Å². The number of hydrogen-bond donors (Lipinski definition) is 1. The molecule has 4 atom stereocenters. The number of ether oxygens (including phenoxy) is 1. The van der Waals surface area contributed by atoms with Gasteiger partial charge in [0.25, 0.3) is 0 Å². The quantitative estimate of drug-likeness (QED) is 0.897. The molecule has 5 nitrogen and oxygen atoms in total. The molecule has 0 saturated heterocycles. The minimum absolute atomic E-state index is 0.00905. The summed E-state index contributed by atoms with van der Waals surface area (Å²) in [5, 5.41) is 5.37. The van der Waals surface area contributed by atoms with Crippen molar-refractivity contribution in [2.24, 2.45) is 17.8 Å². The number of ketones is 1. The Labute approximate surface area is 149 Å². The Morgan fingerprint density at radius 3 is 3.12 bits per heavy atom. The van der Waals surface area contributed by atoms with Crippen LogP contribution in [0.3, 0.4) is 0 Å². The maximum absolute atomic E-state index is 12.7. The van der Waals surface area contributed by atoms with Gasteiger partial charge in [0.1, 0.15) is 11.4 Å². The Bertz CT molecular complexity index is 879. The fraction of sp³-hybridized carbons (Fsp3) is 0.421. The summed E-state index contributed by atoms with van der Waals surface area (Å²) in [6.07, 6.45) is 3.85. The topological polar surface area (TPSA) is 68.3 Å². The largest absolute Gasteiger partial charge is 0.486 e. The number of carbonyl (C=O) groups excluding carboxylic acids is 2. The van der Waals surface area contributed by atoms with Crippen molar-refractivity contribution in [3.8, 4) is 5.75 Å². The molecule has 0 bridgehead atoms. The number of aromatic nitrogens is 1. The first-order valence-corrected chi connectivity index (χ1v) is 9.49. The predicted octanol–water partition coefficient (Wildman–Crippen LogP) is 3.45. The lowest BCUT2D eigenvalue weighted by molar-refractivity contribution is -0.119. The molecular weight excluding hydrogens is 336 g/mol. The highest BCUT2D eigenvalue weighted by Gasteiger charge is 2.70. The molecule has 2 fully saturated rings. The summed E-state index contributed by atoms with van der Waals surface area (Å²) < 4.78 is 6.36. The maximum atomic E-state index is 12.7. The van der Waals surface area contributed by atoms with E-state index in [1.54, 1.807) is 6.20 Å². The Balaban J connectivity index is 1.40. The van der Waals surface area contributed by atoms with Gasteiger partial charge in [0, 0.05) is 23.4 Å². The zero-order chi connectivity index (χ0) is 17.2. The van der Waals surface area contributed by atoms with Crippen molar-refractivity contribution in [1.82, 2.24) is 4.98 Å². The molecule has 0 radical (unpaired) electrons. The summed E-state index contributed by atoms with van der Waals surface area (Å²) in [4.78, 5) is 29.4. The predicted molar refractivity (Wildman–Crippen MR) is 93.9 cm³/mol. The zero-order valence-electron chi connectivity index (χ0n) is 13.8. The van der Waals surface area contributed by atoms with Gasteiger partial charge in [-0.1, -0.05) is 11.6 Å². The average Bonchev–Trinajstić information content (AvgIpc) is 2.91. The number of hydrogen-bond acceptors (Lipinski definition) is 5. The summed E-state index contributed by atoms with van der Waals surface area (Å²) in [5.74, 6) is 1.20. The molecule has 6 heteroatoms. The molecule has 2 heterocycles. The molecular formula is C19H18N2O3S. The maximum Gasteiger partial charge on any atom is 0.230 e. The van der Waals surface area contributed by atoms with Crippen molar-refractivity contribution in [3.05, 3.63) is 40.9 Å². The van der Waals surface area contributed by atoms with Crippen molar-refractivity contribution in [2.45, 2.75) is 31.8 Å². The smallest absolute Gasteiger partial charge is 0.230 e. The number of nitrogens with one attached hydrogen (secondary N) is 1. The first kappa shape index (κ1) is 15.1. The number of Topliss-reactive ketones (excluding diaryl/α,β-unsaturated/α-hetero) is 1. The molecule has 2 saturated carbocycles. The number of anilines is 1. The highest BCUT2D eigenvalue weighted by Crippen LogP contribution is 2.65. The number of nitrogens with zero attached hydrogens (tertiary/aromatic N) is 1. The van der Waals surface area contributed by atoms with Crippen LogP contribution in [0.5, 0.6) is 5.75 Å². The van der Waals surface area contributed by atoms with Crippen molar-refractivity contribution >= 4 is 28.2 Å². The van der Waals surface area contributed by atoms with Crippen LogP contribution in [-0.2, 0) is 4.79 Å². The zero-order valence-corrected chi connectivity index (χ0v) is 14.6. The van der Waals surface area contributed by atoms with Crippen LogP contribution in [0, 0.1) is 24.7 Å². The van der Waals surface area contributed by atoms with Crippen LogP contribution in [0.2, 0.25) is 0 Å². The molecule has 1 aliphatic heterocycles. The van der Waals surface area contributed by atoms with E-state index in [1.165, 1.54) is 11.3 Å². The number of aryl methyl sites for hydroxylation is 1. The van der Waals surface area contributed by atoms with E-state index in [0.29, 0.717) is 28.8 Å². The number of rotatable bonds is 2. The van der Waals surface area contributed by atoms with Crippen LogP contribution in [-0.4, -0.2) is 22.3 Å². The summed E-state index contributed by atoms with van der Waals surface area (Å²) in [6.45, 7) is 1.98. The monoisotopic (exact) mass is 354 g/mol. The van der Waals surface area contributed by atoms with Gasteiger partial charge in [-0.2, -0.15) is 0 Å². The first-order chi connectivity index (χ1) is 12.1. The lowest BCUT2D eigenvalue weighted by Crippen LogP contribution is -2.44. The molecule has 1 spiro atoms. The van der Waals surface area contributed by atoms with Crippen molar-refractivity contribution in [3.63, 3.8) is 0 Å². The average molecular weight is 354 g/mol. The second kappa shape index (κ2) is 5.14. The molecule has 128 valence electrons. The number of carbonyl (C=O) groups is 2. The summed E-state index contributed by atoms with van der Waals surface area (Å²) in [5.41, 5.74) is 1.23. The van der Waals surface area contributed by atoms with Crippen molar-refractivity contribution < 1.29 is 14.3 Å². The van der Waals surface area contributed by atoms with Crippen LogP contribution in [0.1, 0.15) is 35.2 Å². The van der Waals surface area contributed by atoms with Gasteiger partial charge >= 0.3 is 0 Å². The molecule has 1 aromatic heterocycles. The van der Waals surface area contributed by atoms with Gasteiger partial charge in [0.05, 0.1) is 12.0 Å². The molecule has 1 aromatic carbocycles. The van der Waals surface area contributed by atoms with Crippen LogP contribution in [0.15, 0.2) is 29.8 Å². The summed E-state index contributed by atoms with van der Waals surface area (Å²) in [7, 11) is 0. The van der Waals surface area contributed by atoms with E-state index in [4.69, 9.17) is 4.74 Å². The fourth-order valence-electron chi connectivity index (χ4n) is 4.76. The Morgan fingerprint density at radius 2 is 2.32 bits per heavy atom. The number of benzene rings is 1. The lowest BCUT2D eigenvalue weighted by atomic mass is 9.84. The number of fused-ring (bicyclic) bond motifs is 3. The Morgan fingerprint density at radius 1 is 1.44 bits per heavy atom. The molecule has 2 aliphatic carbocycles. The van der Waals surface area contributed by atoms with Crippen molar-refractivity contribution in [2.75, 3.05) is 5.32 Å². The summed E-state index contributed by atoms with van der Waals surface area (Å²) >= 11 is 1.42. The third kappa shape index (κ3) is 2.24. The molecule has 2 aromatic rings. The van der Waals surface area contributed by atoms with Crippen LogP contribution in [0.25, 0.3) is 0 Å². The first-order valence-electron chi connectivity index (χ1n) is 8.61. The van der Waals surface area contributed by atoms with E-state index in [9.17, 15) is 9.59 Å². The highest BCUT2D eigenvalue weighted by atomic mass is 32.1. The van der Waals surface area contributed by atoms with Gasteiger partial charge in [0.2, 0.25) is 5.91 Å². The van der Waals surface area contributed by atoms with Crippen LogP contribution < -0.4 is 10.1 Å². The van der Waals surface area contributed by atoms with Crippen LogP contribution >= 0.6 is 11.3 Å². The normalized spacial score (nSPS) is 32.0. The minimum Gasteiger partial charge on any atom is -0.486 e. The SMILES string of the molecule is Cc1ccc2c(c1)C(=O)C[C@]1(CC[C@H]3[C@@H](C(=O)Nc4nccs4)[C@@H]31)O2. The molecule has 0 unspecified atom stereocenters. The number of amides is 1. The van der Waals surface area contributed by atoms with Crippen molar-refractivity contribution in [1.29, 1.82) is 0 Å². The standard InChI is InChI=1S/C19H18N2O3S/c1-10-2-3-14-12(8-10)13(22)9-19(24-14)5-4-11-15(16(11)19)17(23)21-18-20-6-7-25-18/h2-3,6-8,11,15-16H,4-5,9H2,1H3,(H,20,21,23)/t11-,15+,16+,19-/m0/s1. The molecule has 5 rings (SSSR count). The van der Waals surface area contributed by atoms with Gasteiger partial charge in [-0.15, -0.1) is 11.3 Å². The van der Waals surface area contributed by atoms with E-state index >= 15 is 0 Å². The Kier molecular flexibility index (Phi) is 3.10. The van der Waals surface area contributed by atoms with Gasteiger partial charge in [-0.3, -0.25) is 9.59 Å². The Hall–Kier alpha value is -2.21. The van der Waals surface area contributed by atoms with E-state index in [-0.39, 0.29) is 23.5 Å². The molecule has 1 N–H and O–H groups in total. The summed E-state index contributed by atoms with van der Waals surface area (Å²) in [6, 6.07) is 5.76.